The highest BCUT2D eigenvalue weighted by Crippen LogP contribution is 2.23. The number of rotatable bonds is 4. The molecule has 0 aliphatic carbocycles. The number of anilines is 1. The van der Waals surface area contributed by atoms with Gasteiger partial charge in [0.25, 0.3) is 5.56 Å². The van der Waals surface area contributed by atoms with Crippen LogP contribution in [0.15, 0.2) is 59.4 Å². The van der Waals surface area contributed by atoms with Crippen molar-refractivity contribution in [1.29, 1.82) is 0 Å². The molecule has 33 heavy (non-hydrogen) atoms. The highest BCUT2D eigenvalue weighted by molar-refractivity contribution is 5.89. The number of amides is 2. The topological polar surface area (TPSA) is 91.7 Å². The maximum Gasteiger partial charge on any atom is 0.322 e. The van der Waals surface area contributed by atoms with Crippen LogP contribution in [-0.4, -0.2) is 39.2 Å². The first-order chi connectivity index (χ1) is 16.1. The first-order valence-corrected chi connectivity index (χ1v) is 11.0. The number of ether oxygens (including phenoxy) is 1. The minimum atomic E-state index is -0.195. The molecule has 0 atom stereocenters. The van der Waals surface area contributed by atoms with E-state index in [-0.39, 0.29) is 11.6 Å². The van der Waals surface area contributed by atoms with Gasteiger partial charge in [-0.05, 0) is 60.4 Å². The van der Waals surface area contributed by atoms with Crippen LogP contribution < -0.4 is 15.6 Å². The molecule has 5 rings (SSSR count). The Morgan fingerprint density at radius 1 is 1.15 bits per heavy atom. The molecule has 8 heteroatoms. The average Bonchev–Trinajstić information content (AvgIpc) is 3.29. The number of nitrogens with zero attached hydrogens (tertiary/aromatic N) is 3. The summed E-state index contributed by atoms with van der Waals surface area (Å²) in [4.78, 5) is 32.3. The molecule has 1 aliphatic heterocycles. The molecule has 0 radical (unpaired) electrons. The molecule has 0 saturated carbocycles. The van der Waals surface area contributed by atoms with E-state index in [1.807, 2.05) is 54.6 Å². The molecular formula is C25H25N5O3. The van der Waals surface area contributed by atoms with Gasteiger partial charge in [0, 0.05) is 23.9 Å². The number of nitrogens with one attached hydrogen (secondary N) is 2. The lowest BCUT2D eigenvalue weighted by atomic mass is 10.1. The van der Waals surface area contributed by atoms with E-state index in [9.17, 15) is 9.59 Å². The Balaban J connectivity index is 1.39. The summed E-state index contributed by atoms with van der Waals surface area (Å²) in [7, 11) is 1.62. The lowest BCUT2D eigenvalue weighted by Gasteiger charge is -2.27. The van der Waals surface area contributed by atoms with E-state index in [0.717, 1.165) is 29.1 Å². The third-order valence-electron chi connectivity index (χ3n) is 6.07. The highest BCUT2D eigenvalue weighted by Gasteiger charge is 2.25. The molecule has 3 heterocycles. The number of methoxy groups -OCH3 is 1. The van der Waals surface area contributed by atoms with Crippen LogP contribution in [0, 0.1) is 0 Å². The molecule has 0 saturated heterocycles. The van der Waals surface area contributed by atoms with Crippen LogP contribution in [0.2, 0.25) is 0 Å². The first-order valence-electron chi connectivity index (χ1n) is 11.0. The number of aryl methyl sites for hydroxylation is 1. The van der Waals surface area contributed by atoms with Crippen molar-refractivity contribution in [2.24, 2.45) is 0 Å². The fourth-order valence-corrected chi connectivity index (χ4v) is 4.11. The molecule has 168 valence electrons. The highest BCUT2D eigenvalue weighted by atomic mass is 16.5. The Kier molecular flexibility index (Phi) is 5.34. The third kappa shape index (κ3) is 3.95. The molecule has 0 unspecified atom stereocenters. The zero-order valence-corrected chi connectivity index (χ0v) is 18.6. The van der Waals surface area contributed by atoms with E-state index in [0.29, 0.717) is 36.4 Å². The number of H-pyrrole nitrogens is 1. The standard InChI is InChI=1S/C25H25N5O3/c1-3-16-4-8-18(9-5-16)26-25(32)29-13-12-20-22(15-29)27-23-14-21(28-30(23)24(20)31)17-6-10-19(33-2)11-7-17/h4-11,14,28H,3,12-13,15H2,1-2H3,(H,26,32). The lowest BCUT2D eigenvalue weighted by Crippen LogP contribution is -2.41. The van der Waals surface area contributed by atoms with E-state index < -0.39 is 0 Å². The number of urea groups is 1. The smallest absolute Gasteiger partial charge is 0.322 e. The summed E-state index contributed by atoms with van der Waals surface area (Å²) in [6, 6.07) is 17.1. The summed E-state index contributed by atoms with van der Waals surface area (Å²) in [5.74, 6) is 0.764. The van der Waals surface area contributed by atoms with Gasteiger partial charge in [-0.2, -0.15) is 0 Å². The number of carbonyl (C=O) groups is 1. The van der Waals surface area contributed by atoms with Gasteiger partial charge in [-0.15, -0.1) is 0 Å². The maximum absolute atomic E-state index is 13.1. The SMILES string of the molecule is CCc1ccc(NC(=O)N2CCc3c(nc4cc(-c5ccc(OC)cc5)[nH]n4c3=O)C2)cc1. The maximum atomic E-state index is 13.1. The zero-order chi connectivity index (χ0) is 22.9. The number of aromatic amines is 1. The fourth-order valence-electron chi connectivity index (χ4n) is 4.11. The normalized spacial score (nSPS) is 13.1. The van der Waals surface area contributed by atoms with E-state index in [1.165, 1.54) is 10.1 Å². The zero-order valence-electron chi connectivity index (χ0n) is 18.6. The average molecular weight is 444 g/mol. The van der Waals surface area contributed by atoms with Crippen LogP contribution in [0.25, 0.3) is 16.9 Å². The lowest BCUT2D eigenvalue weighted by molar-refractivity contribution is 0.205. The quantitative estimate of drug-likeness (QED) is 0.501. The molecule has 8 nitrogen and oxygen atoms in total. The van der Waals surface area contributed by atoms with Gasteiger partial charge in [-0.25, -0.2) is 14.3 Å². The van der Waals surface area contributed by atoms with E-state index in [4.69, 9.17) is 9.72 Å². The van der Waals surface area contributed by atoms with Gasteiger partial charge >= 0.3 is 6.03 Å². The molecule has 0 spiro atoms. The Bertz CT molecular complexity index is 1370. The Hall–Kier alpha value is -4.07. The van der Waals surface area contributed by atoms with Gasteiger partial charge in [0.15, 0.2) is 5.65 Å². The number of aromatic nitrogens is 3. The van der Waals surface area contributed by atoms with Gasteiger partial charge in [0.05, 0.1) is 25.0 Å². The van der Waals surface area contributed by atoms with Crippen molar-refractivity contribution in [1.82, 2.24) is 19.5 Å². The summed E-state index contributed by atoms with van der Waals surface area (Å²) < 4.78 is 6.69. The summed E-state index contributed by atoms with van der Waals surface area (Å²) in [5.41, 5.74) is 5.38. The third-order valence-corrected chi connectivity index (χ3v) is 6.07. The predicted molar refractivity (Wildman–Crippen MR) is 127 cm³/mol. The molecule has 4 aromatic rings. The number of fused-ring (bicyclic) bond motifs is 2. The second kappa shape index (κ2) is 8.46. The van der Waals surface area contributed by atoms with Crippen LogP contribution in [0.1, 0.15) is 23.7 Å². The number of benzene rings is 2. The molecule has 2 amide bonds. The van der Waals surface area contributed by atoms with Gasteiger partial charge in [-0.1, -0.05) is 19.1 Å². The van der Waals surface area contributed by atoms with Crippen molar-refractivity contribution in [2.45, 2.75) is 26.3 Å². The largest absolute Gasteiger partial charge is 0.497 e. The Morgan fingerprint density at radius 3 is 2.61 bits per heavy atom. The Morgan fingerprint density at radius 2 is 1.91 bits per heavy atom. The van der Waals surface area contributed by atoms with Gasteiger partial charge < -0.3 is 15.0 Å². The molecule has 2 aromatic heterocycles. The molecule has 1 aliphatic rings. The molecule has 0 bridgehead atoms. The van der Waals surface area contributed by atoms with Crippen molar-refractivity contribution in [2.75, 3.05) is 19.0 Å². The summed E-state index contributed by atoms with van der Waals surface area (Å²) in [5, 5.41) is 6.09. The number of carbonyl (C=O) groups excluding carboxylic acids is 1. The molecule has 2 aromatic carbocycles. The van der Waals surface area contributed by atoms with Crippen molar-refractivity contribution >= 4 is 17.4 Å². The summed E-state index contributed by atoms with van der Waals surface area (Å²) >= 11 is 0. The van der Waals surface area contributed by atoms with Crippen LogP contribution in [0.4, 0.5) is 10.5 Å². The van der Waals surface area contributed by atoms with Crippen molar-refractivity contribution in [3.63, 3.8) is 0 Å². The van der Waals surface area contributed by atoms with Crippen LogP contribution >= 0.6 is 0 Å². The summed E-state index contributed by atoms with van der Waals surface area (Å²) in [6.45, 7) is 2.85. The van der Waals surface area contributed by atoms with Crippen molar-refractivity contribution < 1.29 is 9.53 Å². The second-order valence-electron chi connectivity index (χ2n) is 8.09. The molecule has 0 fully saturated rings. The van der Waals surface area contributed by atoms with Crippen LogP contribution in [-0.2, 0) is 19.4 Å². The number of hydrogen-bond donors (Lipinski definition) is 2. The van der Waals surface area contributed by atoms with Gasteiger partial charge in [0.2, 0.25) is 0 Å². The predicted octanol–water partition coefficient (Wildman–Crippen LogP) is 3.85. The first kappa shape index (κ1) is 20.8. The van der Waals surface area contributed by atoms with E-state index in [1.54, 1.807) is 12.0 Å². The summed E-state index contributed by atoms with van der Waals surface area (Å²) in [6.07, 6.45) is 1.41. The van der Waals surface area contributed by atoms with Crippen LogP contribution in [0.5, 0.6) is 5.75 Å². The monoisotopic (exact) mass is 443 g/mol. The van der Waals surface area contributed by atoms with Crippen molar-refractivity contribution in [3.8, 4) is 17.0 Å². The van der Waals surface area contributed by atoms with Crippen LogP contribution in [0.3, 0.4) is 0 Å². The minimum absolute atomic E-state index is 0.120. The fraction of sp³-hybridized carbons (Fsp3) is 0.240. The Labute approximate surface area is 190 Å². The second-order valence-corrected chi connectivity index (χ2v) is 8.09. The number of hydrogen-bond acceptors (Lipinski definition) is 4. The minimum Gasteiger partial charge on any atom is -0.497 e. The van der Waals surface area contributed by atoms with Gasteiger partial charge in [0.1, 0.15) is 5.75 Å². The van der Waals surface area contributed by atoms with Crippen molar-refractivity contribution in [3.05, 3.63) is 81.8 Å². The van der Waals surface area contributed by atoms with E-state index >= 15 is 0 Å². The molecule has 2 N–H and O–H groups in total. The van der Waals surface area contributed by atoms with E-state index in [2.05, 4.69) is 17.3 Å². The van der Waals surface area contributed by atoms with Gasteiger partial charge in [-0.3, -0.25) is 9.89 Å². The molecular weight excluding hydrogens is 418 g/mol.